The molecular formula is C37H30FN3O7S. The lowest BCUT2D eigenvalue weighted by Crippen LogP contribution is -2.28. The summed E-state index contributed by atoms with van der Waals surface area (Å²) >= 11 is 1.29. The predicted octanol–water partition coefficient (Wildman–Crippen LogP) is 7.78. The average molecular weight is 680 g/mol. The van der Waals surface area contributed by atoms with Gasteiger partial charge in [0.1, 0.15) is 24.7 Å². The molecule has 1 aliphatic heterocycles. The zero-order valence-corrected chi connectivity index (χ0v) is 27.4. The van der Waals surface area contributed by atoms with Gasteiger partial charge < -0.3 is 27.9 Å². The molecule has 3 aromatic carbocycles. The van der Waals surface area contributed by atoms with E-state index in [2.05, 4.69) is 4.98 Å². The van der Waals surface area contributed by atoms with Gasteiger partial charge in [0.25, 0.3) is 11.8 Å². The van der Waals surface area contributed by atoms with Crippen molar-refractivity contribution in [3.05, 3.63) is 131 Å². The fourth-order valence-corrected chi connectivity index (χ4v) is 6.23. The molecule has 10 nitrogen and oxygen atoms in total. The van der Waals surface area contributed by atoms with Crippen molar-refractivity contribution in [3.8, 4) is 28.5 Å². The number of anilines is 2. The van der Waals surface area contributed by atoms with Crippen molar-refractivity contribution >= 4 is 34.0 Å². The SMILES string of the molecule is COc1ccc(-c2csc(N(C)C(=O)c3ccc(COc4ccccc4F)o3)n2)cc1OCc1ccc(C(=O)N2CCc3ccccc32)o1. The number of furan rings is 2. The summed E-state index contributed by atoms with van der Waals surface area (Å²) in [6.45, 7) is 0.641. The largest absolute Gasteiger partial charge is 0.493 e. The van der Waals surface area contributed by atoms with Gasteiger partial charge in [-0.25, -0.2) is 9.37 Å². The van der Waals surface area contributed by atoms with Crippen molar-refractivity contribution in [1.29, 1.82) is 0 Å². The van der Waals surface area contributed by atoms with Gasteiger partial charge in [0, 0.05) is 30.2 Å². The molecule has 2 amide bonds. The van der Waals surface area contributed by atoms with E-state index in [4.69, 9.17) is 23.0 Å². The van der Waals surface area contributed by atoms with Gasteiger partial charge in [-0.15, -0.1) is 11.3 Å². The third kappa shape index (κ3) is 6.63. The molecule has 0 radical (unpaired) electrons. The number of rotatable bonds is 11. The highest BCUT2D eigenvalue weighted by molar-refractivity contribution is 7.14. The maximum atomic E-state index is 13.9. The lowest BCUT2D eigenvalue weighted by molar-refractivity contribution is 0.0953. The Bertz CT molecular complexity index is 2140. The van der Waals surface area contributed by atoms with Crippen LogP contribution in [-0.4, -0.2) is 37.5 Å². The van der Waals surface area contributed by atoms with E-state index < -0.39 is 11.7 Å². The number of benzene rings is 3. The summed E-state index contributed by atoms with van der Waals surface area (Å²) < 4.78 is 42.5. The summed E-state index contributed by atoms with van der Waals surface area (Å²) in [4.78, 5) is 34.2. The Kier molecular flexibility index (Phi) is 8.86. The number of nitrogens with zero attached hydrogens (tertiary/aromatic N) is 3. The minimum Gasteiger partial charge on any atom is -0.493 e. The van der Waals surface area contributed by atoms with Crippen molar-refractivity contribution in [1.82, 2.24) is 4.98 Å². The number of aromatic nitrogens is 1. The summed E-state index contributed by atoms with van der Waals surface area (Å²) in [5.74, 6) is 1.18. The molecule has 0 saturated heterocycles. The summed E-state index contributed by atoms with van der Waals surface area (Å²) in [6.07, 6.45) is 0.808. The molecule has 0 atom stereocenters. The van der Waals surface area contributed by atoms with Gasteiger partial charge in [0.05, 0.1) is 12.8 Å². The van der Waals surface area contributed by atoms with Crippen LogP contribution in [0.5, 0.6) is 17.2 Å². The molecule has 0 saturated carbocycles. The molecule has 0 fully saturated rings. The first kappa shape index (κ1) is 31.7. The van der Waals surface area contributed by atoms with Gasteiger partial charge in [0.2, 0.25) is 0 Å². The Morgan fingerprint density at radius 1 is 0.878 bits per heavy atom. The van der Waals surface area contributed by atoms with Crippen LogP contribution in [0.15, 0.2) is 105 Å². The molecule has 6 aromatic rings. The van der Waals surface area contributed by atoms with Crippen LogP contribution in [0.4, 0.5) is 15.2 Å². The number of para-hydroxylation sites is 2. The van der Waals surface area contributed by atoms with Crippen LogP contribution >= 0.6 is 11.3 Å². The number of halogens is 1. The fourth-order valence-electron chi connectivity index (χ4n) is 5.43. The first-order chi connectivity index (χ1) is 23.9. The normalized spacial score (nSPS) is 12.1. The Labute approximate surface area is 284 Å². The number of fused-ring (bicyclic) bond motifs is 1. The molecule has 248 valence electrons. The standard InChI is InChI=1S/C37H30FN3O7S/c1-40(35(42)32-15-12-25(47-32)20-45-30-10-6-4-8-27(30)38)37-39-28(22-49-37)24-11-14-31(44-2)34(19-24)46-21-26-13-16-33(48-26)36(43)41-18-17-23-7-3-5-9-29(23)41/h3-16,19,22H,17-18,20-21H2,1-2H3. The molecule has 0 bridgehead atoms. The van der Waals surface area contributed by atoms with E-state index in [0.717, 1.165) is 23.2 Å². The van der Waals surface area contributed by atoms with Crippen LogP contribution in [0.1, 0.15) is 38.2 Å². The molecule has 0 aliphatic carbocycles. The summed E-state index contributed by atoms with van der Waals surface area (Å²) in [5.41, 5.74) is 3.41. The first-order valence-electron chi connectivity index (χ1n) is 15.4. The second-order valence-electron chi connectivity index (χ2n) is 11.1. The van der Waals surface area contributed by atoms with Crippen LogP contribution in [0.25, 0.3) is 11.3 Å². The van der Waals surface area contributed by atoms with Crippen LogP contribution in [0, 0.1) is 5.82 Å². The number of hydrogen-bond donors (Lipinski definition) is 0. The topological polar surface area (TPSA) is 107 Å². The lowest BCUT2D eigenvalue weighted by Gasteiger charge is -2.15. The highest BCUT2D eigenvalue weighted by atomic mass is 32.1. The fraction of sp³-hybridized carbons (Fsp3) is 0.162. The summed E-state index contributed by atoms with van der Waals surface area (Å²) in [5, 5.41) is 2.29. The van der Waals surface area contributed by atoms with Gasteiger partial charge >= 0.3 is 0 Å². The molecule has 49 heavy (non-hydrogen) atoms. The number of thiazole rings is 1. The molecule has 0 unspecified atom stereocenters. The first-order valence-corrected chi connectivity index (χ1v) is 16.2. The number of carbonyl (C=O) groups excluding carboxylic acids is 2. The number of carbonyl (C=O) groups is 2. The maximum absolute atomic E-state index is 13.9. The van der Waals surface area contributed by atoms with Crippen LogP contribution in [0.3, 0.4) is 0 Å². The molecule has 0 N–H and O–H groups in total. The van der Waals surface area contributed by atoms with E-state index in [1.807, 2.05) is 35.7 Å². The second kappa shape index (κ2) is 13.7. The predicted molar refractivity (Wildman–Crippen MR) is 181 cm³/mol. The van der Waals surface area contributed by atoms with Gasteiger partial charge in [-0.2, -0.15) is 0 Å². The summed E-state index contributed by atoms with van der Waals surface area (Å²) in [6, 6.07) is 25.9. The van der Waals surface area contributed by atoms with E-state index in [1.54, 1.807) is 67.6 Å². The highest BCUT2D eigenvalue weighted by Crippen LogP contribution is 2.36. The van der Waals surface area contributed by atoms with Crippen LogP contribution in [-0.2, 0) is 19.6 Å². The molecule has 4 heterocycles. The minimum absolute atomic E-state index is 0.0337. The second-order valence-corrected chi connectivity index (χ2v) is 12.0. The Balaban J connectivity index is 0.995. The van der Waals surface area contributed by atoms with Crippen molar-refractivity contribution in [3.63, 3.8) is 0 Å². The van der Waals surface area contributed by atoms with Gasteiger partial charge in [0.15, 0.2) is 39.7 Å². The monoisotopic (exact) mass is 679 g/mol. The Morgan fingerprint density at radius 2 is 1.59 bits per heavy atom. The Hall–Kier alpha value is -5.88. The number of methoxy groups -OCH3 is 1. The lowest BCUT2D eigenvalue weighted by atomic mass is 10.1. The molecule has 1 aliphatic rings. The number of hydrogen-bond acceptors (Lipinski definition) is 9. The average Bonchev–Trinajstić information content (AvgIpc) is 3.96. The third-order valence-electron chi connectivity index (χ3n) is 8.00. The molecule has 12 heteroatoms. The van der Waals surface area contributed by atoms with Gasteiger partial charge in [-0.05, 0) is 72.6 Å². The zero-order chi connectivity index (χ0) is 33.9. The van der Waals surface area contributed by atoms with Crippen molar-refractivity contribution in [2.24, 2.45) is 0 Å². The van der Waals surface area contributed by atoms with Crippen molar-refractivity contribution < 1.29 is 37.0 Å². The number of ether oxygens (including phenoxy) is 3. The van der Waals surface area contributed by atoms with Crippen molar-refractivity contribution in [2.75, 3.05) is 30.5 Å². The molecule has 7 rings (SSSR count). The van der Waals surface area contributed by atoms with Crippen molar-refractivity contribution in [2.45, 2.75) is 19.6 Å². The van der Waals surface area contributed by atoms with Crippen LogP contribution in [0.2, 0.25) is 0 Å². The molecular weight excluding hydrogens is 649 g/mol. The highest BCUT2D eigenvalue weighted by Gasteiger charge is 2.27. The molecule has 0 spiro atoms. The van der Waals surface area contributed by atoms with Crippen LogP contribution < -0.4 is 24.0 Å². The van der Waals surface area contributed by atoms with E-state index in [9.17, 15) is 14.0 Å². The number of amides is 2. The molecule has 3 aromatic heterocycles. The minimum atomic E-state index is -0.482. The van der Waals surface area contributed by atoms with E-state index in [0.29, 0.717) is 40.4 Å². The quantitative estimate of drug-likeness (QED) is 0.137. The zero-order valence-electron chi connectivity index (χ0n) is 26.6. The van der Waals surface area contributed by atoms with E-state index >= 15 is 0 Å². The smallest absolute Gasteiger partial charge is 0.295 e. The maximum Gasteiger partial charge on any atom is 0.295 e. The summed E-state index contributed by atoms with van der Waals surface area (Å²) in [7, 11) is 3.16. The Morgan fingerprint density at radius 3 is 2.39 bits per heavy atom. The van der Waals surface area contributed by atoms with E-state index in [-0.39, 0.29) is 36.4 Å². The third-order valence-corrected chi connectivity index (χ3v) is 8.91. The van der Waals surface area contributed by atoms with Gasteiger partial charge in [-0.3, -0.25) is 14.5 Å². The van der Waals surface area contributed by atoms with E-state index in [1.165, 1.54) is 28.4 Å². The van der Waals surface area contributed by atoms with Gasteiger partial charge in [-0.1, -0.05) is 30.3 Å².